The zero-order valence-corrected chi connectivity index (χ0v) is 9.78. The maximum atomic E-state index is 11.1. The zero-order valence-electron chi connectivity index (χ0n) is 9.78. The number of aryl methyl sites for hydroxylation is 1. The molecule has 0 amide bonds. The SMILES string of the molecule is Cc1cc(Oc2ccc([N+](=O)[O-])cc2C(=O)O)n[nH]1. The highest BCUT2D eigenvalue weighted by molar-refractivity contribution is 5.91. The number of carbonyl (C=O) groups is 1. The number of rotatable bonds is 4. The Morgan fingerprint density at radius 3 is 2.74 bits per heavy atom. The van der Waals surface area contributed by atoms with E-state index in [1.54, 1.807) is 13.0 Å². The van der Waals surface area contributed by atoms with Gasteiger partial charge in [-0.25, -0.2) is 4.79 Å². The van der Waals surface area contributed by atoms with Gasteiger partial charge in [0.05, 0.1) is 4.92 Å². The summed E-state index contributed by atoms with van der Waals surface area (Å²) < 4.78 is 5.28. The summed E-state index contributed by atoms with van der Waals surface area (Å²) >= 11 is 0. The Labute approximate surface area is 106 Å². The number of hydrogen-bond donors (Lipinski definition) is 2. The van der Waals surface area contributed by atoms with Gasteiger partial charge in [-0.05, 0) is 13.0 Å². The molecule has 0 atom stereocenters. The lowest BCUT2D eigenvalue weighted by Crippen LogP contribution is -2.01. The van der Waals surface area contributed by atoms with E-state index in [4.69, 9.17) is 9.84 Å². The first-order chi connectivity index (χ1) is 8.97. The second kappa shape index (κ2) is 4.77. The summed E-state index contributed by atoms with van der Waals surface area (Å²) in [5, 5.41) is 26.1. The zero-order chi connectivity index (χ0) is 14.0. The fraction of sp³-hybridized carbons (Fsp3) is 0.0909. The van der Waals surface area contributed by atoms with Crippen molar-refractivity contribution in [3.8, 4) is 11.6 Å². The molecule has 0 saturated heterocycles. The van der Waals surface area contributed by atoms with E-state index in [9.17, 15) is 14.9 Å². The Hall–Kier alpha value is -2.90. The molecule has 2 N–H and O–H groups in total. The number of carboxylic acids is 1. The molecule has 0 radical (unpaired) electrons. The van der Waals surface area contributed by atoms with Crippen LogP contribution < -0.4 is 4.74 Å². The molecule has 2 rings (SSSR count). The topological polar surface area (TPSA) is 118 Å². The standard InChI is InChI=1S/C11H9N3O5/c1-6-4-10(13-12-6)19-9-3-2-7(14(17)18)5-8(9)11(15)16/h2-5H,1H3,(H,12,13)(H,15,16). The maximum Gasteiger partial charge on any atom is 0.339 e. The van der Waals surface area contributed by atoms with Crippen molar-refractivity contribution >= 4 is 11.7 Å². The number of carboxylic acid groups (broad SMARTS) is 1. The van der Waals surface area contributed by atoms with Crippen LogP contribution in [0.2, 0.25) is 0 Å². The molecule has 0 bridgehead atoms. The number of benzene rings is 1. The van der Waals surface area contributed by atoms with Gasteiger partial charge in [0.1, 0.15) is 11.3 Å². The minimum Gasteiger partial charge on any atom is -0.478 e. The van der Waals surface area contributed by atoms with Crippen molar-refractivity contribution in [2.75, 3.05) is 0 Å². The molecule has 8 heteroatoms. The lowest BCUT2D eigenvalue weighted by Gasteiger charge is -2.05. The van der Waals surface area contributed by atoms with Crippen molar-refractivity contribution in [3.05, 3.63) is 45.6 Å². The van der Waals surface area contributed by atoms with Crippen molar-refractivity contribution in [2.24, 2.45) is 0 Å². The number of aromatic carboxylic acids is 1. The van der Waals surface area contributed by atoms with Crippen LogP contribution in [0.5, 0.6) is 11.6 Å². The van der Waals surface area contributed by atoms with E-state index >= 15 is 0 Å². The van der Waals surface area contributed by atoms with Crippen LogP contribution in [0.3, 0.4) is 0 Å². The van der Waals surface area contributed by atoms with Gasteiger partial charge in [-0.3, -0.25) is 15.2 Å². The molecule has 98 valence electrons. The lowest BCUT2D eigenvalue weighted by molar-refractivity contribution is -0.384. The highest BCUT2D eigenvalue weighted by atomic mass is 16.6. The normalized spacial score (nSPS) is 10.2. The summed E-state index contributed by atoms with van der Waals surface area (Å²) in [5.74, 6) is -1.13. The number of ether oxygens (including phenoxy) is 1. The van der Waals surface area contributed by atoms with E-state index in [1.807, 2.05) is 0 Å². The number of H-pyrrole nitrogens is 1. The van der Waals surface area contributed by atoms with Crippen molar-refractivity contribution < 1.29 is 19.6 Å². The Balaban J connectivity index is 2.39. The van der Waals surface area contributed by atoms with Gasteiger partial charge in [-0.1, -0.05) is 0 Å². The summed E-state index contributed by atoms with van der Waals surface area (Å²) in [6.45, 7) is 1.76. The average molecular weight is 263 g/mol. The third-order valence-corrected chi connectivity index (χ3v) is 2.30. The van der Waals surface area contributed by atoms with Crippen molar-refractivity contribution in [3.63, 3.8) is 0 Å². The van der Waals surface area contributed by atoms with Gasteiger partial charge in [-0.2, -0.15) is 0 Å². The second-order valence-electron chi connectivity index (χ2n) is 3.73. The molecular weight excluding hydrogens is 254 g/mol. The Bertz CT molecular complexity index is 650. The molecule has 1 aromatic heterocycles. The number of aromatic amines is 1. The Kier molecular flexibility index (Phi) is 3.15. The molecule has 1 heterocycles. The largest absolute Gasteiger partial charge is 0.478 e. The summed E-state index contributed by atoms with van der Waals surface area (Å²) in [6.07, 6.45) is 0. The molecule has 2 aromatic rings. The van der Waals surface area contributed by atoms with Crippen LogP contribution in [-0.4, -0.2) is 26.2 Å². The van der Waals surface area contributed by atoms with E-state index < -0.39 is 10.9 Å². The molecule has 0 aliphatic rings. The molecule has 0 aliphatic carbocycles. The molecule has 0 aliphatic heterocycles. The van der Waals surface area contributed by atoms with Crippen LogP contribution in [0.25, 0.3) is 0 Å². The first-order valence-electron chi connectivity index (χ1n) is 5.19. The first kappa shape index (κ1) is 12.6. The molecular formula is C11H9N3O5. The maximum absolute atomic E-state index is 11.1. The molecule has 1 aromatic carbocycles. The summed E-state index contributed by atoms with van der Waals surface area (Å²) in [7, 11) is 0. The van der Waals surface area contributed by atoms with E-state index in [-0.39, 0.29) is 22.9 Å². The van der Waals surface area contributed by atoms with Crippen molar-refractivity contribution in [1.82, 2.24) is 10.2 Å². The number of nitrogens with zero attached hydrogens (tertiary/aromatic N) is 2. The van der Waals surface area contributed by atoms with E-state index in [1.165, 1.54) is 12.1 Å². The van der Waals surface area contributed by atoms with Gasteiger partial charge >= 0.3 is 5.97 Å². The predicted octanol–water partition coefficient (Wildman–Crippen LogP) is 2.12. The number of nitrogens with one attached hydrogen (secondary N) is 1. The number of nitro benzene ring substituents is 1. The summed E-state index contributed by atoms with van der Waals surface area (Å²) in [4.78, 5) is 21.0. The lowest BCUT2D eigenvalue weighted by atomic mass is 10.2. The first-order valence-corrected chi connectivity index (χ1v) is 5.19. The third-order valence-electron chi connectivity index (χ3n) is 2.30. The smallest absolute Gasteiger partial charge is 0.339 e. The summed E-state index contributed by atoms with van der Waals surface area (Å²) in [5.41, 5.74) is 0.131. The predicted molar refractivity (Wildman–Crippen MR) is 63.5 cm³/mol. The van der Waals surface area contributed by atoms with E-state index in [2.05, 4.69) is 10.2 Å². The number of non-ortho nitro benzene ring substituents is 1. The van der Waals surface area contributed by atoms with Gasteiger partial charge in [-0.15, -0.1) is 5.10 Å². The molecule has 0 fully saturated rings. The molecule has 8 nitrogen and oxygen atoms in total. The third kappa shape index (κ3) is 2.68. The van der Waals surface area contributed by atoms with Crippen molar-refractivity contribution in [2.45, 2.75) is 6.92 Å². The quantitative estimate of drug-likeness (QED) is 0.644. The fourth-order valence-corrected chi connectivity index (χ4v) is 1.45. The molecule has 19 heavy (non-hydrogen) atoms. The van der Waals surface area contributed by atoms with Crippen molar-refractivity contribution in [1.29, 1.82) is 0 Å². The van der Waals surface area contributed by atoms with Gasteiger partial charge in [0.15, 0.2) is 0 Å². The Morgan fingerprint density at radius 1 is 1.47 bits per heavy atom. The van der Waals surface area contributed by atoms with Crippen LogP contribution in [0.4, 0.5) is 5.69 Å². The van der Waals surface area contributed by atoms with Gasteiger partial charge in [0.25, 0.3) is 5.69 Å². The minimum absolute atomic E-state index is 0.00963. The Morgan fingerprint density at radius 2 is 2.21 bits per heavy atom. The van der Waals surface area contributed by atoms with Crippen LogP contribution in [0, 0.1) is 17.0 Å². The highest BCUT2D eigenvalue weighted by Gasteiger charge is 2.18. The van der Waals surface area contributed by atoms with Crippen LogP contribution in [-0.2, 0) is 0 Å². The number of hydrogen-bond acceptors (Lipinski definition) is 5. The molecule has 0 saturated carbocycles. The van der Waals surface area contributed by atoms with E-state index in [0.717, 1.165) is 11.8 Å². The molecule has 0 spiro atoms. The van der Waals surface area contributed by atoms with Crippen LogP contribution >= 0.6 is 0 Å². The average Bonchev–Trinajstić information content (AvgIpc) is 2.74. The highest BCUT2D eigenvalue weighted by Crippen LogP contribution is 2.28. The number of aromatic nitrogens is 2. The van der Waals surface area contributed by atoms with Crippen LogP contribution in [0.15, 0.2) is 24.3 Å². The summed E-state index contributed by atoms with van der Waals surface area (Å²) in [6, 6.07) is 4.91. The second-order valence-corrected chi connectivity index (χ2v) is 3.73. The van der Waals surface area contributed by atoms with Gasteiger partial charge in [0.2, 0.25) is 5.88 Å². The van der Waals surface area contributed by atoms with Crippen LogP contribution in [0.1, 0.15) is 16.1 Å². The van der Waals surface area contributed by atoms with Gasteiger partial charge < -0.3 is 9.84 Å². The monoisotopic (exact) mass is 263 g/mol. The molecule has 0 unspecified atom stereocenters. The fourth-order valence-electron chi connectivity index (χ4n) is 1.45. The van der Waals surface area contributed by atoms with E-state index in [0.29, 0.717) is 0 Å². The van der Waals surface area contributed by atoms with Gasteiger partial charge in [0, 0.05) is 23.9 Å². The number of nitro groups is 1. The minimum atomic E-state index is -1.31.